The summed E-state index contributed by atoms with van der Waals surface area (Å²) in [4.78, 5) is 11.1. The molecule has 0 atom stereocenters. The first-order valence-electron chi connectivity index (χ1n) is 7.62. The van der Waals surface area contributed by atoms with Crippen LogP contribution in [0.3, 0.4) is 0 Å². The number of hydrogen-bond acceptors (Lipinski definition) is 5. The Morgan fingerprint density at radius 3 is 1.79 bits per heavy atom. The molecule has 122 valence electrons. The van der Waals surface area contributed by atoms with Gasteiger partial charge in [0.1, 0.15) is 0 Å². The molecule has 4 rings (SSSR count). The summed E-state index contributed by atoms with van der Waals surface area (Å²) < 4.78 is 4.31. The van der Waals surface area contributed by atoms with Crippen molar-refractivity contribution in [3.63, 3.8) is 0 Å². The molecular weight excluding hydrogens is 338 g/mol. The lowest BCUT2D eigenvalue weighted by Crippen LogP contribution is -2.20. The van der Waals surface area contributed by atoms with Gasteiger partial charge in [-0.05, 0) is 31.3 Å². The summed E-state index contributed by atoms with van der Waals surface area (Å²) >= 11 is 3.30. The van der Waals surface area contributed by atoms with Crippen molar-refractivity contribution in [2.75, 3.05) is 7.05 Å². The standard InChI is InChI=1S/C17H17N5S2/c1-20(12-14-4-2-8-21(14)16-18-6-10-23-16)13-15-5-3-9-22(15)17-19-7-11-24-17/h2-11H,12-13H2,1H3. The molecule has 0 aliphatic carbocycles. The van der Waals surface area contributed by atoms with Crippen molar-refractivity contribution >= 4 is 22.7 Å². The van der Waals surface area contributed by atoms with E-state index < -0.39 is 0 Å². The second-order valence-corrected chi connectivity index (χ2v) is 7.29. The van der Waals surface area contributed by atoms with Crippen LogP contribution in [0.2, 0.25) is 0 Å². The third-order valence-corrected chi connectivity index (χ3v) is 5.32. The van der Waals surface area contributed by atoms with Crippen LogP contribution in [-0.2, 0) is 13.1 Å². The average Bonchev–Trinajstić information content (AvgIpc) is 3.35. The molecule has 0 aromatic carbocycles. The Morgan fingerprint density at radius 2 is 1.38 bits per heavy atom. The first kappa shape index (κ1) is 15.3. The van der Waals surface area contributed by atoms with Crippen LogP contribution in [0.15, 0.2) is 59.8 Å². The fraction of sp³-hybridized carbons (Fsp3) is 0.176. The van der Waals surface area contributed by atoms with Crippen LogP contribution >= 0.6 is 22.7 Å². The molecule has 24 heavy (non-hydrogen) atoms. The van der Waals surface area contributed by atoms with Gasteiger partial charge in [0.2, 0.25) is 0 Å². The van der Waals surface area contributed by atoms with E-state index in [-0.39, 0.29) is 0 Å². The first-order chi connectivity index (χ1) is 11.8. The summed E-state index contributed by atoms with van der Waals surface area (Å²) in [6, 6.07) is 8.45. The lowest BCUT2D eigenvalue weighted by molar-refractivity contribution is 0.307. The average molecular weight is 355 g/mol. The van der Waals surface area contributed by atoms with E-state index in [1.54, 1.807) is 22.7 Å². The molecule has 0 aliphatic heterocycles. The summed E-state index contributed by atoms with van der Waals surface area (Å²) in [5, 5.41) is 6.03. The molecule has 0 aliphatic rings. The summed E-state index contributed by atoms with van der Waals surface area (Å²) in [5.74, 6) is 0. The van der Waals surface area contributed by atoms with Crippen LogP contribution in [-0.4, -0.2) is 31.0 Å². The number of thiazole rings is 2. The molecule has 0 spiro atoms. The van der Waals surface area contributed by atoms with E-state index >= 15 is 0 Å². The highest BCUT2D eigenvalue weighted by molar-refractivity contribution is 7.12. The van der Waals surface area contributed by atoms with Crippen molar-refractivity contribution in [2.24, 2.45) is 0 Å². The zero-order valence-corrected chi connectivity index (χ0v) is 14.9. The highest BCUT2D eigenvalue weighted by Gasteiger charge is 2.11. The largest absolute Gasteiger partial charge is 0.296 e. The minimum absolute atomic E-state index is 0.857. The predicted octanol–water partition coefficient (Wildman–Crippen LogP) is 3.81. The fourth-order valence-electron chi connectivity index (χ4n) is 2.74. The van der Waals surface area contributed by atoms with E-state index in [1.807, 2.05) is 23.2 Å². The lowest BCUT2D eigenvalue weighted by Gasteiger charge is -2.18. The van der Waals surface area contributed by atoms with Crippen LogP contribution in [0, 0.1) is 0 Å². The van der Waals surface area contributed by atoms with Crippen LogP contribution in [0.5, 0.6) is 0 Å². The van der Waals surface area contributed by atoms with Crippen LogP contribution < -0.4 is 0 Å². The Morgan fingerprint density at radius 1 is 0.875 bits per heavy atom. The zero-order valence-electron chi connectivity index (χ0n) is 13.2. The summed E-state index contributed by atoms with van der Waals surface area (Å²) in [6.07, 6.45) is 7.82. The maximum atomic E-state index is 4.40. The Kier molecular flexibility index (Phi) is 4.29. The Hall–Kier alpha value is -2.22. The molecule has 0 saturated carbocycles. The molecule has 0 fully saturated rings. The maximum Gasteiger partial charge on any atom is 0.193 e. The SMILES string of the molecule is CN(Cc1cccn1-c1nccs1)Cc1cccn1-c1nccs1. The number of nitrogens with zero attached hydrogens (tertiary/aromatic N) is 5. The highest BCUT2D eigenvalue weighted by Crippen LogP contribution is 2.19. The van der Waals surface area contributed by atoms with Crippen molar-refractivity contribution in [1.29, 1.82) is 0 Å². The van der Waals surface area contributed by atoms with E-state index in [1.165, 1.54) is 11.4 Å². The van der Waals surface area contributed by atoms with E-state index in [9.17, 15) is 0 Å². The minimum atomic E-state index is 0.857. The molecule has 0 radical (unpaired) electrons. The smallest absolute Gasteiger partial charge is 0.193 e. The van der Waals surface area contributed by atoms with Gasteiger partial charge in [0.25, 0.3) is 0 Å². The summed E-state index contributed by atoms with van der Waals surface area (Å²) in [5.41, 5.74) is 2.47. The molecule has 0 unspecified atom stereocenters. The Bertz CT molecular complexity index is 815. The van der Waals surface area contributed by atoms with Gasteiger partial charge in [0.05, 0.1) is 0 Å². The van der Waals surface area contributed by atoms with E-state index in [2.05, 4.69) is 67.7 Å². The van der Waals surface area contributed by atoms with Gasteiger partial charge >= 0.3 is 0 Å². The number of aromatic nitrogens is 4. The summed E-state index contributed by atoms with van der Waals surface area (Å²) in [6.45, 7) is 1.71. The van der Waals surface area contributed by atoms with Crippen molar-refractivity contribution in [2.45, 2.75) is 13.1 Å². The predicted molar refractivity (Wildman–Crippen MR) is 98.1 cm³/mol. The van der Waals surface area contributed by atoms with Gasteiger partial charge in [0.15, 0.2) is 10.3 Å². The molecular formula is C17H17N5S2. The molecule has 4 aromatic rings. The maximum absolute atomic E-state index is 4.40. The zero-order chi connectivity index (χ0) is 16.4. The van der Waals surface area contributed by atoms with Crippen LogP contribution in [0.25, 0.3) is 10.3 Å². The second-order valence-electron chi connectivity index (χ2n) is 5.54. The molecule has 5 nitrogen and oxygen atoms in total. The Labute approximate surface area is 148 Å². The quantitative estimate of drug-likeness (QED) is 0.528. The highest BCUT2D eigenvalue weighted by atomic mass is 32.1. The van der Waals surface area contributed by atoms with E-state index in [0.29, 0.717) is 0 Å². The third kappa shape index (κ3) is 3.06. The van der Waals surface area contributed by atoms with Gasteiger partial charge in [-0.3, -0.25) is 14.0 Å². The van der Waals surface area contributed by atoms with Gasteiger partial charge in [0, 0.05) is 60.0 Å². The van der Waals surface area contributed by atoms with Gasteiger partial charge in [-0.1, -0.05) is 0 Å². The molecule has 0 amide bonds. The molecule has 4 aromatic heterocycles. The lowest BCUT2D eigenvalue weighted by atomic mass is 10.3. The first-order valence-corrected chi connectivity index (χ1v) is 9.38. The third-order valence-electron chi connectivity index (χ3n) is 3.78. The molecule has 0 bridgehead atoms. The number of hydrogen-bond donors (Lipinski definition) is 0. The monoisotopic (exact) mass is 355 g/mol. The fourth-order valence-corrected chi connectivity index (χ4v) is 4.06. The van der Waals surface area contributed by atoms with Gasteiger partial charge < -0.3 is 0 Å². The summed E-state index contributed by atoms with van der Waals surface area (Å²) in [7, 11) is 2.14. The minimum Gasteiger partial charge on any atom is -0.296 e. The topological polar surface area (TPSA) is 38.9 Å². The number of rotatable bonds is 6. The van der Waals surface area contributed by atoms with Gasteiger partial charge in [-0.2, -0.15) is 0 Å². The Balaban J connectivity index is 1.50. The molecule has 0 saturated heterocycles. The van der Waals surface area contributed by atoms with Crippen molar-refractivity contribution in [1.82, 2.24) is 24.0 Å². The normalized spacial score (nSPS) is 11.4. The van der Waals surface area contributed by atoms with Crippen molar-refractivity contribution in [3.05, 3.63) is 71.2 Å². The van der Waals surface area contributed by atoms with Crippen molar-refractivity contribution < 1.29 is 0 Å². The molecule has 0 N–H and O–H groups in total. The van der Waals surface area contributed by atoms with Crippen LogP contribution in [0.1, 0.15) is 11.4 Å². The van der Waals surface area contributed by atoms with Gasteiger partial charge in [-0.15, -0.1) is 22.7 Å². The second kappa shape index (κ2) is 6.72. The van der Waals surface area contributed by atoms with Crippen LogP contribution in [0.4, 0.5) is 0 Å². The van der Waals surface area contributed by atoms with Gasteiger partial charge in [-0.25, -0.2) is 9.97 Å². The van der Waals surface area contributed by atoms with Crippen molar-refractivity contribution in [3.8, 4) is 10.3 Å². The van der Waals surface area contributed by atoms with E-state index in [4.69, 9.17) is 0 Å². The molecule has 7 heteroatoms. The van der Waals surface area contributed by atoms with E-state index in [0.717, 1.165) is 23.4 Å². The molecule has 4 heterocycles.